The average molecular weight is 319 g/mol. The third-order valence-electron chi connectivity index (χ3n) is 2.75. The van der Waals surface area contributed by atoms with Crippen molar-refractivity contribution < 1.29 is 9.53 Å². The van der Waals surface area contributed by atoms with Gasteiger partial charge in [-0.05, 0) is 38.0 Å². The smallest absolute Gasteiger partial charge is 0.315 e. The minimum absolute atomic E-state index is 0.142. The first-order valence-electron chi connectivity index (χ1n) is 6.61. The van der Waals surface area contributed by atoms with Gasteiger partial charge in [-0.1, -0.05) is 29.3 Å². The number of carbonyl (C=O) groups excluding carboxylic acids is 1. The van der Waals surface area contributed by atoms with Crippen molar-refractivity contribution in [1.29, 1.82) is 0 Å². The summed E-state index contributed by atoms with van der Waals surface area (Å²) < 4.78 is 5.19. The minimum atomic E-state index is -0.208. The van der Waals surface area contributed by atoms with E-state index >= 15 is 0 Å². The Labute approximate surface area is 129 Å². The first kappa shape index (κ1) is 17.1. The summed E-state index contributed by atoms with van der Waals surface area (Å²) >= 11 is 11.8. The fraction of sp³-hybridized carbons (Fsp3) is 0.500. The summed E-state index contributed by atoms with van der Waals surface area (Å²) in [6.45, 7) is 5.76. The van der Waals surface area contributed by atoms with Gasteiger partial charge < -0.3 is 15.4 Å². The van der Waals surface area contributed by atoms with Gasteiger partial charge in [0.1, 0.15) is 0 Å². The van der Waals surface area contributed by atoms with Crippen LogP contribution in [0.15, 0.2) is 18.2 Å². The first-order valence-corrected chi connectivity index (χ1v) is 7.37. The second-order valence-electron chi connectivity index (χ2n) is 4.35. The zero-order valence-corrected chi connectivity index (χ0v) is 13.2. The van der Waals surface area contributed by atoms with Gasteiger partial charge in [0.2, 0.25) is 0 Å². The van der Waals surface area contributed by atoms with Crippen LogP contribution in [-0.2, 0) is 4.74 Å². The van der Waals surface area contributed by atoms with Crippen molar-refractivity contribution in [3.63, 3.8) is 0 Å². The zero-order chi connectivity index (χ0) is 15.0. The van der Waals surface area contributed by atoms with Crippen LogP contribution in [0.2, 0.25) is 10.0 Å². The van der Waals surface area contributed by atoms with Gasteiger partial charge in [0.25, 0.3) is 0 Å². The number of hydrogen-bond acceptors (Lipinski definition) is 2. The van der Waals surface area contributed by atoms with E-state index in [0.29, 0.717) is 29.8 Å². The monoisotopic (exact) mass is 318 g/mol. The Morgan fingerprint density at radius 1 is 1.35 bits per heavy atom. The van der Waals surface area contributed by atoms with Crippen LogP contribution in [0, 0.1) is 0 Å². The van der Waals surface area contributed by atoms with Crippen LogP contribution in [0.1, 0.15) is 31.9 Å². The van der Waals surface area contributed by atoms with Crippen LogP contribution >= 0.6 is 23.2 Å². The van der Waals surface area contributed by atoms with Crippen LogP contribution in [0.5, 0.6) is 0 Å². The fourth-order valence-electron chi connectivity index (χ4n) is 1.63. The molecular weight excluding hydrogens is 299 g/mol. The Kier molecular flexibility index (Phi) is 7.73. The highest BCUT2D eigenvalue weighted by Crippen LogP contribution is 2.25. The van der Waals surface area contributed by atoms with E-state index in [0.717, 1.165) is 12.0 Å². The van der Waals surface area contributed by atoms with Gasteiger partial charge in [-0.25, -0.2) is 4.79 Å². The number of rotatable bonds is 7. The zero-order valence-electron chi connectivity index (χ0n) is 11.7. The van der Waals surface area contributed by atoms with Gasteiger partial charge in [0.15, 0.2) is 0 Å². The molecule has 1 aromatic carbocycles. The number of ether oxygens (including phenoxy) is 1. The lowest BCUT2D eigenvalue weighted by Crippen LogP contribution is -2.37. The van der Waals surface area contributed by atoms with E-state index < -0.39 is 0 Å². The second-order valence-corrected chi connectivity index (χ2v) is 5.16. The van der Waals surface area contributed by atoms with Crippen LogP contribution in [0.3, 0.4) is 0 Å². The van der Waals surface area contributed by atoms with Crippen molar-refractivity contribution in [3.05, 3.63) is 33.8 Å². The normalized spacial score (nSPS) is 12.0. The SMILES string of the molecule is CCOCCCNC(=O)NC(C)c1ccc(Cl)c(Cl)c1. The quantitative estimate of drug-likeness (QED) is 0.752. The van der Waals surface area contributed by atoms with Crippen LogP contribution < -0.4 is 10.6 Å². The first-order chi connectivity index (χ1) is 9.54. The van der Waals surface area contributed by atoms with E-state index in [1.807, 2.05) is 19.9 Å². The van der Waals surface area contributed by atoms with Gasteiger partial charge in [-0.15, -0.1) is 0 Å². The van der Waals surface area contributed by atoms with E-state index in [1.165, 1.54) is 0 Å². The molecule has 0 spiro atoms. The lowest BCUT2D eigenvalue weighted by atomic mass is 10.1. The maximum atomic E-state index is 11.7. The summed E-state index contributed by atoms with van der Waals surface area (Å²) in [5.74, 6) is 0. The standard InChI is InChI=1S/C14H20Cl2N2O2/c1-3-20-8-4-7-17-14(19)18-10(2)11-5-6-12(15)13(16)9-11/h5-6,9-10H,3-4,7-8H2,1-2H3,(H2,17,18,19). The molecule has 20 heavy (non-hydrogen) atoms. The maximum absolute atomic E-state index is 11.7. The molecule has 0 saturated carbocycles. The number of benzene rings is 1. The molecule has 1 aromatic rings. The molecule has 1 rings (SSSR count). The predicted molar refractivity (Wildman–Crippen MR) is 82.5 cm³/mol. The molecule has 112 valence electrons. The van der Waals surface area contributed by atoms with Crippen LogP contribution in [0.25, 0.3) is 0 Å². The molecular formula is C14H20Cl2N2O2. The van der Waals surface area contributed by atoms with Crippen LogP contribution in [0.4, 0.5) is 4.79 Å². The number of hydrogen-bond donors (Lipinski definition) is 2. The number of urea groups is 1. The number of amides is 2. The van der Waals surface area contributed by atoms with E-state index in [2.05, 4.69) is 10.6 Å². The average Bonchev–Trinajstić information content (AvgIpc) is 2.41. The van der Waals surface area contributed by atoms with E-state index in [9.17, 15) is 4.79 Å². The molecule has 6 heteroatoms. The lowest BCUT2D eigenvalue weighted by molar-refractivity contribution is 0.145. The highest BCUT2D eigenvalue weighted by atomic mass is 35.5. The molecule has 0 aliphatic carbocycles. The summed E-state index contributed by atoms with van der Waals surface area (Å²) in [7, 11) is 0. The van der Waals surface area contributed by atoms with Crippen molar-refractivity contribution in [3.8, 4) is 0 Å². The molecule has 0 fully saturated rings. The number of carbonyl (C=O) groups is 1. The molecule has 0 bridgehead atoms. The Morgan fingerprint density at radius 3 is 2.75 bits per heavy atom. The van der Waals surface area contributed by atoms with E-state index in [1.54, 1.807) is 12.1 Å². The highest BCUT2D eigenvalue weighted by Gasteiger charge is 2.10. The summed E-state index contributed by atoms with van der Waals surface area (Å²) in [5.41, 5.74) is 0.906. The predicted octanol–water partition coefficient (Wildman–Crippen LogP) is 3.78. The summed E-state index contributed by atoms with van der Waals surface area (Å²) in [6, 6.07) is 4.96. The van der Waals surface area contributed by atoms with Gasteiger partial charge >= 0.3 is 6.03 Å². The van der Waals surface area contributed by atoms with Gasteiger partial charge in [-0.2, -0.15) is 0 Å². The summed E-state index contributed by atoms with van der Waals surface area (Å²) in [4.78, 5) is 11.7. The van der Waals surface area contributed by atoms with E-state index in [4.69, 9.17) is 27.9 Å². The highest BCUT2D eigenvalue weighted by molar-refractivity contribution is 6.42. The Bertz CT molecular complexity index is 441. The van der Waals surface area contributed by atoms with Crippen molar-refractivity contribution in [2.24, 2.45) is 0 Å². The van der Waals surface area contributed by atoms with Crippen molar-refractivity contribution >= 4 is 29.2 Å². The van der Waals surface area contributed by atoms with Gasteiger partial charge in [0.05, 0.1) is 16.1 Å². The molecule has 2 amide bonds. The molecule has 1 unspecified atom stereocenters. The molecule has 0 radical (unpaired) electrons. The summed E-state index contributed by atoms with van der Waals surface area (Å²) in [6.07, 6.45) is 0.794. The summed E-state index contributed by atoms with van der Waals surface area (Å²) in [5, 5.41) is 6.60. The van der Waals surface area contributed by atoms with Crippen molar-refractivity contribution in [2.75, 3.05) is 19.8 Å². The van der Waals surface area contributed by atoms with Gasteiger partial charge in [-0.3, -0.25) is 0 Å². The topological polar surface area (TPSA) is 50.4 Å². The van der Waals surface area contributed by atoms with E-state index in [-0.39, 0.29) is 12.1 Å². The fourth-order valence-corrected chi connectivity index (χ4v) is 1.94. The molecule has 0 aliphatic heterocycles. The molecule has 0 saturated heterocycles. The molecule has 0 aliphatic rings. The maximum Gasteiger partial charge on any atom is 0.315 e. The Balaban J connectivity index is 2.35. The van der Waals surface area contributed by atoms with Gasteiger partial charge in [0, 0.05) is 19.8 Å². The largest absolute Gasteiger partial charge is 0.382 e. The molecule has 2 N–H and O–H groups in total. The Hall–Kier alpha value is -0.970. The minimum Gasteiger partial charge on any atom is -0.382 e. The molecule has 0 heterocycles. The third-order valence-corrected chi connectivity index (χ3v) is 3.49. The molecule has 4 nitrogen and oxygen atoms in total. The lowest BCUT2D eigenvalue weighted by Gasteiger charge is -2.15. The van der Waals surface area contributed by atoms with Crippen molar-refractivity contribution in [2.45, 2.75) is 26.3 Å². The third kappa shape index (κ3) is 5.99. The van der Waals surface area contributed by atoms with Crippen LogP contribution in [-0.4, -0.2) is 25.8 Å². The molecule has 0 aromatic heterocycles. The second kappa shape index (κ2) is 9.06. The number of nitrogens with one attached hydrogen (secondary N) is 2. The molecule has 1 atom stereocenters. The Morgan fingerprint density at radius 2 is 2.10 bits per heavy atom. The van der Waals surface area contributed by atoms with Crippen molar-refractivity contribution in [1.82, 2.24) is 10.6 Å². The number of halogens is 2.